The number of carbonyl (C=O) groups is 3. The average molecular weight is 549 g/mol. The predicted molar refractivity (Wildman–Crippen MR) is 142 cm³/mol. The number of amides is 3. The lowest BCUT2D eigenvalue weighted by atomic mass is 9.76. The van der Waals surface area contributed by atoms with E-state index < -0.39 is 47.0 Å². The second kappa shape index (κ2) is 8.14. The minimum atomic E-state index is -1.51. The number of rotatable bonds is 3. The molecule has 3 aliphatic rings. The molecule has 1 aromatic heterocycles. The number of fused-ring (bicyclic) bond motifs is 5. The van der Waals surface area contributed by atoms with Crippen LogP contribution in [-0.2, 0) is 26.3 Å². The van der Waals surface area contributed by atoms with Crippen LogP contribution >= 0.6 is 23.2 Å². The number of aromatic amines is 1. The molecule has 1 spiro atoms. The SMILES string of the molecule is O=C1C2C(Cc3c[nH]c4ccccc34)NC3(C(=O)Nc4ccc(Cl)cc43)C2C(=O)N1c1ccc(F)c(Cl)c1. The number of benzene rings is 3. The van der Waals surface area contributed by atoms with E-state index in [2.05, 4.69) is 15.6 Å². The number of hydrogen-bond donors (Lipinski definition) is 3. The van der Waals surface area contributed by atoms with Crippen LogP contribution in [0, 0.1) is 17.7 Å². The average Bonchev–Trinajstić information content (AvgIpc) is 3.60. The van der Waals surface area contributed by atoms with E-state index in [1.54, 1.807) is 18.2 Å². The van der Waals surface area contributed by atoms with Gasteiger partial charge in [-0.05, 0) is 54.4 Å². The Balaban J connectivity index is 1.39. The van der Waals surface area contributed by atoms with Crippen molar-refractivity contribution in [1.82, 2.24) is 10.3 Å². The zero-order chi connectivity index (χ0) is 26.3. The fourth-order valence-corrected chi connectivity index (χ4v) is 6.71. The van der Waals surface area contributed by atoms with Crippen molar-refractivity contribution in [1.29, 1.82) is 0 Å². The summed E-state index contributed by atoms with van der Waals surface area (Å²) in [6, 6.07) is 15.9. The van der Waals surface area contributed by atoms with Crippen molar-refractivity contribution >= 4 is 63.2 Å². The summed E-state index contributed by atoms with van der Waals surface area (Å²) in [5.41, 5.74) is 1.59. The van der Waals surface area contributed by atoms with Crippen molar-refractivity contribution in [3.05, 3.63) is 93.8 Å². The molecule has 0 radical (unpaired) electrons. The molecule has 190 valence electrons. The van der Waals surface area contributed by atoms with Crippen molar-refractivity contribution in [3.63, 3.8) is 0 Å². The number of aromatic nitrogens is 1. The van der Waals surface area contributed by atoms with Gasteiger partial charge in [0.2, 0.25) is 17.7 Å². The Morgan fingerprint density at radius 3 is 2.61 bits per heavy atom. The second-order valence-corrected chi connectivity index (χ2v) is 10.7. The minimum Gasteiger partial charge on any atom is -0.361 e. The van der Waals surface area contributed by atoms with Crippen molar-refractivity contribution in [2.24, 2.45) is 11.8 Å². The van der Waals surface area contributed by atoms with Crippen molar-refractivity contribution in [2.75, 3.05) is 10.2 Å². The first-order valence-corrected chi connectivity index (χ1v) is 12.8. The van der Waals surface area contributed by atoms with E-state index >= 15 is 0 Å². The van der Waals surface area contributed by atoms with Gasteiger partial charge in [-0.2, -0.15) is 0 Å². The van der Waals surface area contributed by atoms with Gasteiger partial charge in [0.05, 0.1) is 22.5 Å². The molecular formula is C28H19Cl2FN4O3. The number of nitrogens with one attached hydrogen (secondary N) is 3. The highest BCUT2D eigenvalue weighted by Crippen LogP contribution is 2.54. The first-order valence-electron chi connectivity index (χ1n) is 12.1. The quantitative estimate of drug-likeness (QED) is 0.321. The summed E-state index contributed by atoms with van der Waals surface area (Å²) in [6.45, 7) is 0. The molecule has 4 aromatic rings. The normalized spacial score (nSPS) is 25.9. The number of H-pyrrole nitrogens is 1. The highest BCUT2D eigenvalue weighted by molar-refractivity contribution is 6.32. The van der Waals surface area contributed by atoms with Gasteiger partial charge < -0.3 is 10.3 Å². The van der Waals surface area contributed by atoms with Crippen LogP contribution in [0.1, 0.15) is 11.1 Å². The van der Waals surface area contributed by atoms with Gasteiger partial charge in [-0.15, -0.1) is 0 Å². The van der Waals surface area contributed by atoms with Gasteiger partial charge in [-0.1, -0.05) is 41.4 Å². The first-order chi connectivity index (χ1) is 18.3. The number of carbonyl (C=O) groups excluding carboxylic acids is 3. The number of hydrogen-bond acceptors (Lipinski definition) is 4. The van der Waals surface area contributed by atoms with E-state index in [-0.39, 0.29) is 10.7 Å². The van der Waals surface area contributed by atoms with Gasteiger partial charge in [0.15, 0.2) is 0 Å². The Morgan fingerprint density at radius 1 is 0.974 bits per heavy atom. The van der Waals surface area contributed by atoms with Crippen LogP contribution in [0.2, 0.25) is 10.0 Å². The summed E-state index contributed by atoms with van der Waals surface area (Å²) in [6.07, 6.45) is 2.26. The molecule has 7 rings (SSSR count). The molecule has 3 aliphatic heterocycles. The van der Waals surface area contributed by atoms with Gasteiger partial charge in [0.25, 0.3) is 0 Å². The Morgan fingerprint density at radius 2 is 1.79 bits per heavy atom. The zero-order valence-corrected chi connectivity index (χ0v) is 21.1. The van der Waals surface area contributed by atoms with Gasteiger partial charge in [0, 0.05) is 39.4 Å². The van der Waals surface area contributed by atoms with Crippen LogP contribution in [0.3, 0.4) is 0 Å². The molecule has 3 aromatic carbocycles. The molecule has 2 fully saturated rings. The van der Waals surface area contributed by atoms with Gasteiger partial charge in [-0.25, -0.2) is 9.29 Å². The van der Waals surface area contributed by atoms with Crippen LogP contribution in [0.15, 0.2) is 66.9 Å². The molecule has 4 unspecified atom stereocenters. The number of halogens is 3. The lowest BCUT2D eigenvalue weighted by Crippen LogP contribution is -2.53. The first kappa shape index (κ1) is 23.4. The van der Waals surface area contributed by atoms with Crippen LogP contribution < -0.4 is 15.5 Å². The molecule has 38 heavy (non-hydrogen) atoms. The van der Waals surface area contributed by atoms with Gasteiger partial charge >= 0.3 is 0 Å². The van der Waals surface area contributed by atoms with Crippen LogP contribution in [-0.4, -0.2) is 28.7 Å². The minimum absolute atomic E-state index is 0.159. The fraction of sp³-hybridized carbons (Fsp3) is 0.179. The third-order valence-corrected chi connectivity index (χ3v) is 8.48. The molecule has 2 saturated heterocycles. The second-order valence-electron chi connectivity index (χ2n) is 9.88. The van der Waals surface area contributed by atoms with Crippen molar-refractivity contribution < 1.29 is 18.8 Å². The third kappa shape index (κ3) is 3.08. The van der Waals surface area contributed by atoms with Gasteiger partial charge in [0.1, 0.15) is 11.4 Å². The summed E-state index contributed by atoms with van der Waals surface area (Å²) >= 11 is 12.3. The van der Waals surface area contributed by atoms with Gasteiger partial charge in [-0.3, -0.25) is 19.7 Å². The topological polar surface area (TPSA) is 94.3 Å². The fourth-order valence-electron chi connectivity index (χ4n) is 6.36. The number of imide groups is 1. The standard InChI is InChI=1S/C28H19Cl2FN4O3/c29-14-5-8-21-17(10-14)28(27(38)33-21)24-23(22(34-28)9-13-12-32-20-4-2-1-3-16(13)20)25(36)35(26(24)37)15-6-7-19(31)18(30)11-15/h1-8,10-12,22-24,32,34H,9H2,(H,33,38). The summed E-state index contributed by atoms with van der Waals surface area (Å²) in [4.78, 5) is 46.0. The van der Waals surface area contributed by atoms with Crippen molar-refractivity contribution in [3.8, 4) is 0 Å². The molecule has 3 amide bonds. The predicted octanol–water partition coefficient (Wildman–Crippen LogP) is 4.78. The molecule has 0 saturated carbocycles. The maximum Gasteiger partial charge on any atom is 0.250 e. The monoisotopic (exact) mass is 548 g/mol. The highest BCUT2D eigenvalue weighted by atomic mass is 35.5. The molecular weight excluding hydrogens is 530 g/mol. The lowest BCUT2D eigenvalue weighted by Gasteiger charge is -2.29. The Bertz CT molecular complexity index is 1700. The Kier molecular flexibility index (Phi) is 5.01. The smallest absolute Gasteiger partial charge is 0.250 e. The van der Waals surface area contributed by atoms with E-state index in [9.17, 15) is 18.8 Å². The molecule has 7 nitrogen and oxygen atoms in total. The largest absolute Gasteiger partial charge is 0.361 e. The summed E-state index contributed by atoms with van der Waals surface area (Å²) in [7, 11) is 0. The molecule has 3 N–H and O–H groups in total. The van der Waals surface area contributed by atoms with Crippen molar-refractivity contribution in [2.45, 2.75) is 18.0 Å². The highest BCUT2D eigenvalue weighted by Gasteiger charge is 2.70. The Labute approximate surface area is 225 Å². The Hall–Kier alpha value is -3.72. The molecule has 4 heterocycles. The molecule has 10 heteroatoms. The molecule has 4 atom stereocenters. The van der Waals surface area contributed by atoms with Crippen LogP contribution in [0.5, 0.6) is 0 Å². The van der Waals surface area contributed by atoms with E-state index in [1.807, 2.05) is 30.5 Å². The number of anilines is 2. The maximum absolute atomic E-state index is 14.1. The summed E-state index contributed by atoms with van der Waals surface area (Å²) < 4.78 is 13.9. The zero-order valence-electron chi connectivity index (χ0n) is 19.6. The molecule has 0 bridgehead atoms. The molecule has 0 aliphatic carbocycles. The van der Waals surface area contributed by atoms with E-state index in [0.29, 0.717) is 22.7 Å². The van der Waals surface area contributed by atoms with Crippen LogP contribution in [0.4, 0.5) is 15.8 Å². The summed E-state index contributed by atoms with van der Waals surface area (Å²) in [5.74, 6) is -4.03. The number of para-hydroxylation sites is 1. The van der Waals surface area contributed by atoms with E-state index in [1.165, 1.54) is 12.1 Å². The van der Waals surface area contributed by atoms with E-state index in [4.69, 9.17) is 23.2 Å². The van der Waals surface area contributed by atoms with E-state index in [0.717, 1.165) is 27.4 Å². The maximum atomic E-state index is 14.1. The lowest BCUT2D eigenvalue weighted by molar-refractivity contribution is -0.130. The third-order valence-electron chi connectivity index (χ3n) is 7.95. The number of nitrogens with zero attached hydrogens (tertiary/aromatic N) is 1. The van der Waals surface area contributed by atoms with Crippen LogP contribution in [0.25, 0.3) is 10.9 Å². The summed E-state index contributed by atoms with van der Waals surface area (Å²) in [5, 5.41) is 7.47.